The monoisotopic (exact) mass is 339 g/mol. The minimum Gasteiger partial charge on any atom is -0.446 e. The Morgan fingerprint density at radius 3 is 2.35 bits per heavy atom. The van der Waals surface area contributed by atoms with Crippen molar-refractivity contribution in [2.45, 2.75) is 37.7 Å². The topological polar surface area (TPSA) is 72.5 Å². The lowest BCUT2D eigenvalue weighted by Crippen LogP contribution is -2.33. The summed E-state index contributed by atoms with van der Waals surface area (Å²) in [5.74, 6) is 0. The minimum absolute atomic E-state index is 0.158. The number of benzene rings is 1. The Hall–Kier alpha value is -0.980. The first-order valence-corrected chi connectivity index (χ1v) is 8.18. The van der Waals surface area contributed by atoms with Gasteiger partial charge in [0.05, 0.1) is 4.90 Å². The first kappa shape index (κ1) is 17.1. The number of nitrogens with one attached hydrogen (secondary N) is 1. The van der Waals surface area contributed by atoms with Gasteiger partial charge < -0.3 is 4.74 Å². The maximum Gasteiger partial charge on any atom is 0.421 e. The summed E-state index contributed by atoms with van der Waals surface area (Å²) >= 11 is 11.5. The van der Waals surface area contributed by atoms with Crippen LogP contribution in [0.1, 0.15) is 26.7 Å². The van der Waals surface area contributed by atoms with Crippen molar-refractivity contribution in [1.29, 1.82) is 0 Å². The van der Waals surface area contributed by atoms with E-state index in [4.69, 9.17) is 27.9 Å². The molecule has 0 aromatic heterocycles. The van der Waals surface area contributed by atoms with Crippen LogP contribution in [0.4, 0.5) is 4.79 Å². The molecule has 0 aliphatic carbocycles. The van der Waals surface area contributed by atoms with Crippen LogP contribution in [0.2, 0.25) is 10.0 Å². The standard InChI is InChI=1S/C12H15Cl2NO4S/c1-3-4-8(2)19-12(16)15-20(17,18)11-6-9(13)5-10(14)7-11/h5-8H,3-4H2,1-2H3,(H,15,16). The molecule has 0 saturated carbocycles. The molecule has 1 rings (SSSR count). The van der Waals surface area contributed by atoms with E-state index in [1.54, 1.807) is 6.92 Å². The number of halogens is 2. The van der Waals surface area contributed by atoms with E-state index in [-0.39, 0.29) is 21.0 Å². The fraction of sp³-hybridized carbons (Fsp3) is 0.417. The van der Waals surface area contributed by atoms with Crippen molar-refractivity contribution < 1.29 is 17.9 Å². The summed E-state index contributed by atoms with van der Waals surface area (Å²) in [5.41, 5.74) is 0. The highest BCUT2D eigenvalue weighted by molar-refractivity contribution is 7.90. The molecular weight excluding hydrogens is 325 g/mol. The Bertz CT molecular complexity index is 569. The molecule has 1 aromatic rings. The van der Waals surface area contributed by atoms with Gasteiger partial charge in [0.1, 0.15) is 6.10 Å². The predicted molar refractivity (Wildman–Crippen MR) is 77.6 cm³/mol. The van der Waals surface area contributed by atoms with E-state index >= 15 is 0 Å². The quantitative estimate of drug-likeness (QED) is 0.889. The summed E-state index contributed by atoms with van der Waals surface area (Å²) in [7, 11) is -4.06. The van der Waals surface area contributed by atoms with Crippen LogP contribution in [0, 0.1) is 0 Å². The molecular formula is C12H15Cl2NO4S. The van der Waals surface area contributed by atoms with Gasteiger partial charge in [-0.1, -0.05) is 36.5 Å². The fourth-order valence-electron chi connectivity index (χ4n) is 1.52. The highest BCUT2D eigenvalue weighted by Gasteiger charge is 2.20. The first-order valence-electron chi connectivity index (χ1n) is 5.94. The van der Waals surface area contributed by atoms with E-state index in [1.807, 2.05) is 11.6 Å². The van der Waals surface area contributed by atoms with Gasteiger partial charge >= 0.3 is 6.09 Å². The van der Waals surface area contributed by atoms with Crippen molar-refractivity contribution >= 4 is 39.3 Å². The molecule has 0 bridgehead atoms. The van der Waals surface area contributed by atoms with Crippen LogP contribution >= 0.6 is 23.2 Å². The van der Waals surface area contributed by atoms with E-state index < -0.39 is 16.1 Å². The number of carbonyl (C=O) groups excluding carboxylic acids is 1. The number of carbonyl (C=O) groups is 1. The first-order chi connectivity index (χ1) is 9.24. The molecule has 0 radical (unpaired) electrons. The van der Waals surface area contributed by atoms with Crippen LogP contribution in [-0.2, 0) is 14.8 Å². The van der Waals surface area contributed by atoms with E-state index in [0.717, 1.165) is 6.42 Å². The lowest BCUT2D eigenvalue weighted by atomic mass is 10.2. The molecule has 0 spiro atoms. The van der Waals surface area contributed by atoms with E-state index in [0.29, 0.717) is 6.42 Å². The molecule has 1 amide bonds. The highest BCUT2D eigenvalue weighted by atomic mass is 35.5. The van der Waals surface area contributed by atoms with Crippen molar-refractivity contribution in [3.63, 3.8) is 0 Å². The largest absolute Gasteiger partial charge is 0.446 e. The number of hydrogen-bond acceptors (Lipinski definition) is 4. The zero-order chi connectivity index (χ0) is 15.3. The SMILES string of the molecule is CCCC(C)OC(=O)NS(=O)(=O)c1cc(Cl)cc(Cl)c1. The molecule has 0 saturated heterocycles. The van der Waals surface area contributed by atoms with Crippen LogP contribution in [-0.4, -0.2) is 20.6 Å². The smallest absolute Gasteiger partial charge is 0.421 e. The molecule has 8 heteroatoms. The summed E-state index contributed by atoms with van der Waals surface area (Å²) in [6.45, 7) is 3.62. The second-order valence-corrected chi connectivity index (χ2v) is 6.77. The van der Waals surface area contributed by atoms with Gasteiger partial charge in [-0.2, -0.15) is 0 Å². The molecule has 0 aliphatic heterocycles. The molecule has 5 nitrogen and oxygen atoms in total. The summed E-state index contributed by atoms with van der Waals surface area (Å²) in [4.78, 5) is 11.3. The summed E-state index contributed by atoms with van der Waals surface area (Å²) < 4.78 is 30.6. The Kier molecular flexibility index (Phi) is 6.10. The fourth-order valence-corrected chi connectivity index (χ4v) is 3.13. The maximum absolute atomic E-state index is 12.0. The van der Waals surface area contributed by atoms with Gasteiger partial charge in [0.15, 0.2) is 0 Å². The zero-order valence-corrected chi connectivity index (χ0v) is 13.3. The molecule has 1 N–H and O–H groups in total. The van der Waals surface area contributed by atoms with E-state index in [2.05, 4.69) is 0 Å². The van der Waals surface area contributed by atoms with Crippen LogP contribution in [0.25, 0.3) is 0 Å². The zero-order valence-electron chi connectivity index (χ0n) is 11.0. The van der Waals surface area contributed by atoms with Crippen molar-refractivity contribution in [2.24, 2.45) is 0 Å². The molecule has 20 heavy (non-hydrogen) atoms. The lowest BCUT2D eigenvalue weighted by molar-refractivity contribution is 0.107. The molecule has 0 heterocycles. The number of ether oxygens (including phenoxy) is 1. The Labute approximate surface area is 128 Å². The van der Waals surface area contributed by atoms with Gasteiger partial charge in [0, 0.05) is 10.0 Å². The second-order valence-electron chi connectivity index (χ2n) is 4.22. The predicted octanol–water partition coefficient (Wildman–Crippen LogP) is 3.60. The Balaban J connectivity index is 2.82. The third-order valence-corrected chi connectivity index (χ3v) is 4.10. The maximum atomic E-state index is 12.0. The van der Waals surface area contributed by atoms with Crippen molar-refractivity contribution in [3.05, 3.63) is 28.2 Å². The molecule has 1 unspecified atom stereocenters. The van der Waals surface area contributed by atoms with Crippen LogP contribution in [0.3, 0.4) is 0 Å². The highest BCUT2D eigenvalue weighted by Crippen LogP contribution is 2.22. The Morgan fingerprint density at radius 1 is 1.30 bits per heavy atom. The number of sulfonamides is 1. The molecule has 1 atom stereocenters. The van der Waals surface area contributed by atoms with Gasteiger partial charge in [0.2, 0.25) is 0 Å². The summed E-state index contributed by atoms with van der Waals surface area (Å²) in [6, 6.07) is 3.78. The van der Waals surface area contributed by atoms with E-state index in [1.165, 1.54) is 18.2 Å². The molecule has 1 aromatic carbocycles. The third kappa shape index (κ3) is 5.19. The average Bonchev–Trinajstić information content (AvgIpc) is 2.26. The van der Waals surface area contributed by atoms with Crippen molar-refractivity contribution in [2.75, 3.05) is 0 Å². The summed E-state index contributed by atoms with van der Waals surface area (Å²) in [6.07, 6.45) is 0.0851. The number of amides is 1. The van der Waals surface area contributed by atoms with Gasteiger partial charge in [0.25, 0.3) is 10.0 Å². The normalized spacial score (nSPS) is 12.8. The Morgan fingerprint density at radius 2 is 1.85 bits per heavy atom. The summed E-state index contributed by atoms with van der Waals surface area (Å²) in [5, 5.41) is 0.316. The van der Waals surface area contributed by atoms with Crippen LogP contribution in [0.5, 0.6) is 0 Å². The van der Waals surface area contributed by atoms with Gasteiger partial charge in [-0.3, -0.25) is 0 Å². The van der Waals surface area contributed by atoms with Gasteiger partial charge in [-0.25, -0.2) is 17.9 Å². The second kappa shape index (κ2) is 7.15. The third-order valence-electron chi connectivity index (χ3n) is 2.37. The molecule has 112 valence electrons. The number of rotatable bonds is 5. The minimum atomic E-state index is -4.06. The molecule has 0 aliphatic rings. The van der Waals surface area contributed by atoms with Crippen molar-refractivity contribution in [1.82, 2.24) is 4.72 Å². The van der Waals surface area contributed by atoms with Gasteiger partial charge in [-0.15, -0.1) is 0 Å². The average molecular weight is 340 g/mol. The number of hydrogen-bond donors (Lipinski definition) is 1. The van der Waals surface area contributed by atoms with Gasteiger partial charge in [-0.05, 0) is 31.5 Å². The molecule has 0 fully saturated rings. The van der Waals surface area contributed by atoms with Crippen LogP contribution in [0.15, 0.2) is 23.1 Å². The van der Waals surface area contributed by atoms with Crippen LogP contribution < -0.4 is 4.72 Å². The lowest BCUT2D eigenvalue weighted by Gasteiger charge is -2.13. The van der Waals surface area contributed by atoms with Crippen molar-refractivity contribution in [3.8, 4) is 0 Å². The van der Waals surface area contributed by atoms with E-state index in [9.17, 15) is 13.2 Å².